The molecule has 2 aromatic heterocycles. The summed E-state index contributed by atoms with van der Waals surface area (Å²) >= 11 is 0. The molecule has 1 atom stereocenters. The van der Waals surface area contributed by atoms with E-state index >= 15 is 4.39 Å². The highest BCUT2D eigenvalue weighted by molar-refractivity contribution is 6.23. The number of halogens is 1. The largest absolute Gasteiger partial charge is 0.488 e. The van der Waals surface area contributed by atoms with Gasteiger partial charge in [-0.25, -0.2) is 9.37 Å². The van der Waals surface area contributed by atoms with E-state index in [-0.39, 0.29) is 47.5 Å². The zero-order chi connectivity index (χ0) is 45.1. The second kappa shape index (κ2) is 16.6. The minimum atomic E-state index is -0.992. The quantitative estimate of drug-likeness (QED) is 0.202. The molecule has 0 spiro atoms. The lowest BCUT2D eigenvalue weighted by Gasteiger charge is -2.63. The highest BCUT2D eigenvalue weighted by atomic mass is 19.1. The fourth-order valence-electron chi connectivity index (χ4n) is 11.0. The molecular formula is C48H52FN9O6. The first-order valence-corrected chi connectivity index (χ1v) is 22.1. The lowest BCUT2D eigenvalue weighted by molar-refractivity contribution is -0.163. The number of piperidine rings is 2. The summed E-state index contributed by atoms with van der Waals surface area (Å²) in [5.41, 5.74) is 1.66. The molecule has 0 radical (unpaired) electrons. The molecule has 15 nitrogen and oxygen atoms in total. The molecule has 1 unspecified atom stereocenters. The van der Waals surface area contributed by atoms with Crippen LogP contribution in [0.25, 0.3) is 10.9 Å². The molecule has 4 fully saturated rings. The second-order valence-electron chi connectivity index (χ2n) is 18.9. The van der Waals surface area contributed by atoms with Crippen molar-refractivity contribution in [1.82, 2.24) is 30.4 Å². The number of nitriles is 1. The van der Waals surface area contributed by atoms with Gasteiger partial charge in [-0.3, -0.25) is 44.1 Å². The van der Waals surface area contributed by atoms with Crippen LogP contribution in [0, 0.1) is 33.9 Å². The van der Waals surface area contributed by atoms with Gasteiger partial charge in [-0.1, -0.05) is 27.7 Å². The van der Waals surface area contributed by atoms with Crippen LogP contribution in [0.2, 0.25) is 0 Å². The number of carbonyl (C=O) groups excluding carboxylic acids is 5. The fraction of sp³-hybridized carbons (Fsp3) is 0.458. The van der Waals surface area contributed by atoms with Gasteiger partial charge in [0.15, 0.2) is 11.6 Å². The lowest BCUT2D eigenvalue weighted by atomic mass is 9.49. The summed E-state index contributed by atoms with van der Waals surface area (Å²) in [4.78, 5) is 80.6. The highest BCUT2D eigenvalue weighted by Gasteiger charge is 2.64. The van der Waals surface area contributed by atoms with Gasteiger partial charge in [0.25, 0.3) is 17.7 Å². The summed E-state index contributed by atoms with van der Waals surface area (Å²) in [6.07, 6.45) is 5.86. The highest BCUT2D eigenvalue weighted by Crippen LogP contribution is 2.56. The molecule has 6 heterocycles. The molecule has 2 N–H and O–H groups in total. The maximum atomic E-state index is 15.7. The summed E-state index contributed by atoms with van der Waals surface area (Å²) in [7, 11) is 0. The van der Waals surface area contributed by atoms with Crippen LogP contribution in [0.1, 0.15) is 96.4 Å². The maximum Gasteiger partial charge on any atom is 0.262 e. The van der Waals surface area contributed by atoms with Gasteiger partial charge >= 0.3 is 0 Å². The average Bonchev–Trinajstić information content (AvgIpc) is 3.54. The molecule has 2 aromatic carbocycles. The number of fused-ring (bicyclic) bond motifs is 2. The SMILES string of the molecule is CC1(C)[C@H](NC(=O)c2cnc(N3CCC(CCN4CCN(c5ccc6c(c5)C(=O)N(C5CCC(=O)NC5=O)C6=O)CC4)CC3)c(F)c2)C(C)(C)[C@H]1Oc1ccc(C#N)c2ncccc12. The van der Waals surface area contributed by atoms with E-state index in [1.807, 2.05) is 50.8 Å². The molecule has 1 aliphatic carbocycles. The number of benzene rings is 2. The Balaban J connectivity index is 0.735. The van der Waals surface area contributed by atoms with Gasteiger partial charge in [0.1, 0.15) is 24.0 Å². The van der Waals surface area contributed by atoms with E-state index in [0.29, 0.717) is 35.8 Å². The van der Waals surface area contributed by atoms with Crippen LogP contribution < -0.4 is 25.2 Å². The Morgan fingerprint density at radius 2 is 1.64 bits per heavy atom. The first-order valence-electron chi connectivity index (χ1n) is 22.1. The van der Waals surface area contributed by atoms with Crippen LogP contribution in [0.4, 0.5) is 15.9 Å². The van der Waals surface area contributed by atoms with E-state index in [1.165, 1.54) is 12.3 Å². The normalized spacial score (nSPS) is 23.4. The third kappa shape index (κ3) is 7.59. The monoisotopic (exact) mass is 869 g/mol. The predicted octanol–water partition coefficient (Wildman–Crippen LogP) is 5.08. The van der Waals surface area contributed by atoms with Crippen molar-refractivity contribution in [1.29, 1.82) is 5.26 Å². The molecule has 4 aromatic rings. The summed E-state index contributed by atoms with van der Waals surface area (Å²) < 4.78 is 22.3. The lowest BCUT2D eigenvalue weighted by Crippen LogP contribution is -2.74. The van der Waals surface area contributed by atoms with Crippen molar-refractivity contribution >= 4 is 51.9 Å². The molecule has 5 amide bonds. The third-order valence-corrected chi connectivity index (χ3v) is 14.2. The second-order valence-corrected chi connectivity index (χ2v) is 18.9. The van der Waals surface area contributed by atoms with Gasteiger partial charge in [-0.2, -0.15) is 5.26 Å². The number of nitrogens with zero attached hydrogens (tertiary/aromatic N) is 7. The van der Waals surface area contributed by atoms with Gasteiger partial charge in [0.2, 0.25) is 11.8 Å². The van der Waals surface area contributed by atoms with Gasteiger partial charge in [0, 0.05) is 86.0 Å². The zero-order valence-corrected chi connectivity index (χ0v) is 36.5. The van der Waals surface area contributed by atoms with Crippen LogP contribution in [0.15, 0.2) is 60.9 Å². The Labute approximate surface area is 370 Å². The van der Waals surface area contributed by atoms with E-state index in [4.69, 9.17) is 4.74 Å². The zero-order valence-electron chi connectivity index (χ0n) is 36.5. The molecule has 0 bridgehead atoms. The maximum absolute atomic E-state index is 15.7. The van der Waals surface area contributed by atoms with Crippen molar-refractivity contribution in [3.63, 3.8) is 0 Å². The van der Waals surface area contributed by atoms with Crippen molar-refractivity contribution in [3.05, 3.63) is 89.0 Å². The molecule has 5 aliphatic rings. The number of pyridine rings is 2. The van der Waals surface area contributed by atoms with Crippen LogP contribution in [0.3, 0.4) is 0 Å². The Kier molecular flexibility index (Phi) is 11.1. The summed E-state index contributed by atoms with van der Waals surface area (Å²) in [5.74, 6) is -1.59. The minimum absolute atomic E-state index is 0.0764. The first-order chi connectivity index (χ1) is 30.6. The van der Waals surface area contributed by atoms with E-state index < -0.39 is 52.2 Å². The number of hydrogen-bond donors (Lipinski definition) is 2. The van der Waals surface area contributed by atoms with Crippen molar-refractivity contribution in [2.45, 2.75) is 78.0 Å². The molecule has 332 valence electrons. The predicted molar refractivity (Wildman–Crippen MR) is 235 cm³/mol. The summed E-state index contributed by atoms with van der Waals surface area (Å²) in [6.45, 7) is 13.7. The van der Waals surface area contributed by atoms with E-state index in [2.05, 4.69) is 36.5 Å². The number of piperazine rings is 1. The Morgan fingerprint density at radius 3 is 2.34 bits per heavy atom. The van der Waals surface area contributed by atoms with Crippen LogP contribution >= 0.6 is 0 Å². The number of nitrogens with one attached hydrogen (secondary N) is 2. The molecule has 9 rings (SSSR count). The van der Waals surface area contributed by atoms with Gasteiger partial charge in [-0.05, 0) is 86.7 Å². The number of ether oxygens (including phenoxy) is 1. The Bertz CT molecular complexity index is 2600. The van der Waals surface area contributed by atoms with Gasteiger partial charge in [0.05, 0.1) is 27.8 Å². The first kappa shape index (κ1) is 42.8. The molecule has 16 heteroatoms. The standard InChI is InChI=1S/C48H52FN9O6/c1-47(2)45(48(3,4)46(47)64-37-11-7-29(26-50)39-33(37)6-5-16-51-39)54-41(60)30-24-35(49)40(52-27-30)57-18-14-28(15-19-57)13-17-55-20-22-56(23-21-55)31-8-9-32-34(25-31)44(63)58(43(32)62)36-10-12-38(59)53-42(36)61/h5-9,11,16,24-25,27-28,36,45-46H,10,12-15,17-23H2,1-4H3,(H,54,60)(H,53,59,61)/t36?,45-,46-. The van der Waals surface area contributed by atoms with Gasteiger partial charge < -0.3 is 19.9 Å². The van der Waals surface area contributed by atoms with E-state index in [9.17, 15) is 29.2 Å². The minimum Gasteiger partial charge on any atom is -0.488 e. The van der Waals surface area contributed by atoms with Crippen molar-refractivity contribution in [2.24, 2.45) is 16.7 Å². The van der Waals surface area contributed by atoms with Crippen LogP contribution in [-0.2, 0) is 9.59 Å². The molecular weight excluding hydrogens is 818 g/mol. The number of amides is 5. The summed E-state index contributed by atoms with van der Waals surface area (Å²) in [5, 5.41) is 15.7. The Hall–Kier alpha value is -6.47. The molecule has 64 heavy (non-hydrogen) atoms. The molecule has 3 saturated heterocycles. The number of anilines is 2. The molecule has 4 aliphatic heterocycles. The van der Waals surface area contributed by atoms with Crippen LogP contribution in [-0.4, -0.2) is 113 Å². The smallest absolute Gasteiger partial charge is 0.262 e. The molecule has 1 saturated carbocycles. The van der Waals surface area contributed by atoms with Crippen molar-refractivity contribution < 1.29 is 33.1 Å². The number of imide groups is 2. The van der Waals surface area contributed by atoms with Gasteiger partial charge in [-0.15, -0.1) is 0 Å². The number of carbonyl (C=O) groups is 5. The third-order valence-electron chi connectivity index (χ3n) is 14.2. The van der Waals surface area contributed by atoms with Crippen molar-refractivity contribution in [2.75, 3.05) is 55.6 Å². The topological polar surface area (TPSA) is 181 Å². The van der Waals surface area contributed by atoms with Crippen molar-refractivity contribution in [3.8, 4) is 11.8 Å². The van der Waals surface area contributed by atoms with E-state index in [0.717, 1.165) is 68.0 Å². The number of hydrogen-bond acceptors (Lipinski definition) is 12. The van der Waals surface area contributed by atoms with E-state index in [1.54, 1.807) is 30.5 Å². The number of aromatic nitrogens is 2. The Morgan fingerprint density at radius 1 is 0.906 bits per heavy atom. The number of rotatable bonds is 10. The average molecular weight is 870 g/mol. The van der Waals surface area contributed by atoms with Crippen LogP contribution in [0.5, 0.6) is 5.75 Å². The summed E-state index contributed by atoms with van der Waals surface area (Å²) in [6, 6.07) is 14.7. The fourth-order valence-corrected chi connectivity index (χ4v) is 11.0.